The molecule has 1 aromatic rings. The monoisotopic (exact) mass is 167 g/mol. The predicted molar refractivity (Wildman–Crippen MR) is 49.6 cm³/mol. The summed E-state index contributed by atoms with van der Waals surface area (Å²) in [7, 11) is 5.01. The Morgan fingerprint density at radius 1 is 1.25 bits per heavy atom. The van der Waals surface area contributed by atoms with Crippen LogP contribution in [0, 0.1) is 6.92 Å². The molecule has 12 heavy (non-hydrogen) atoms. The highest BCUT2D eigenvalue weighted by molar-refractivity contribution is 6.60. The van der Waals surface area contributed by atoms with Crippen molar-refractivity contribution >= 4 is 12.7 Å². The molecule has 0 spiro atoms. The molecule has 1 heterocycles. The molecule has 1 rings (SSSR count). The number of hydrogen-bond donors (Lipinski definition) is 0. The van der Waals surface area contributed by atoms with Gasteiger partial charge in [0.05, 0.1) is 0 Å². The zero-order valence-corrected chi connectivity index (χ0v) is 8.00. The van der Waals surface area contributed by atoms with Crippen molar-refractivity contribution in [3.63, 3.8) is 0 Å². The van der Waals surface area contributed by atoms with Crippen LogP contribution in [0.25, 0.3) is 0 Å². The Labute approximate surface area is 73.4 Å². The summed E-state index contributed by atoms with van der Waals surface area (Å²) in [5.41, 5.74) is 2.24. The van der Waals surface area contributed by atoms with Crippen LogP contribution in [0.5, 0.6) is 0 Å². The van der Waals surface area contributed by atoms with Crippen LogP contribution in [0.2, 0.25) is 0 Å². The molecule has 0 saturated carbocycles. The molecule has 0 fully saturated rings. The van der Waals surface area contributed by atoms with E-state index in [9.17, 15) is 0 Å². The zero-order valence-electron chi connectivity index (χ0n) is 8.00. The first kappa shape index (κ1) is 9.35. The van der Waals surface area contributed by atoms with E-state index in [1.165, 1.54) is 5.69 Å². The van der Waals surface area contributed by atoms with Crippen molar-refractivity contribution < 1.29 is 9.31 Å². The molecule has 0 radical (unpaired) electrons. The van der Waals surface area contributed by atoms with E-state index in [0.29, 0.717) is 0 Å². The van der Waals surface area contributed by atoms with E-state index in [4.69, 9.17) is 9.31 Å². The van der Waals surface area contributed by atoms with Gasteiger partial charge in [-0.25, -0.2) is 0 Å². The average molecular weight is 167 g/mol. The maximum atomic E-state index is 5.14. The number of aryl methyl sites for hydroxylation is 1. The molecule has 0 bridgehead atoms. The third-order valence-electron chi connectivity index (χ3n) is 2.08. The van der Waals surface area contributed by atoms with Gasteiger partial charge in [0.25, 0.3) is 0 Å². The predicted octanol–water partition coefficient (Wildman–Crippen LogP) is 0.322. The highest BCUT2D eigenvalue weighted by atomic mass is 16.6. The van der Waals surface area contributed by atoms with Crippen LogP contribution in [0.3, 0.4) is 0 Å². The summed E-state index contributed by atoms with van der Waals surface area (Å²) in [5.74, 6) is 0. The van der Waals surface area contributed by atoms with Crippen LogP contribution in [-0.2, 0) is 16.4 Å². The summed E-state index contributed by atoms with van der Waals surface area (Å²) in [4.78, 5) is 0. The lowest BCUT2D eigenvalue weighted by molar-refractivity contribution is 0.290. The van der Waals surface area contributed by atoms with E-state index in [1.54, 1.807) is 14.2 Å². The van der Waals surface area contributed by atoms with Gasteiger partial charge in [-0.05, 0) is 19.1 Å². The van der Waals surface area contributed by atoms with Crippen LogP contribution in [0.4, 0.5) is 0 Å². The first-order valence-electron chi connectivity index (χ1n) is 3.88. The van der Waals surface area contributed by atoms with Gasteiger partial charge in [-0.3, -0.25) is 0 Å². The third kappa shape index (κ3) is 1.54. The lowest BCUT2D eigenvalue weighted by Crippen LogP contribution is -2.39. The van der Waals surface area contributed by atoms with Crippen LogP contribution in [-0.4, -0.2) is 25.9 Å². The third-order valence-corrected chi connectivity index (χ3v) is 2.08. The minimum atomic E-state index is -0.260. The molecule has 0 aliphatic carbocycles. The molecular formula is C8H14BNO2. The number of aromatic nitrogens is 1. The maximum Gasteiger partial charge on any atom is 0.510 e. The van der Waals surface area contributed by atoms with Gasteiger partial charge in [0, 0.05) is 32.6 Å². The number of nitrogens with zero attached hydrogens (tertiary/aromatic N) is 1. The molecule has 0 aliphatic rings. The summed E-state index contributed by atoms with van der Waals surface area (Å²) in [6.45, 7) is 2.05. The van der Waals surface area contributed by atoms with E-state index in [-0.39, 0.29) is 7.12 Å². The summed E-state index contributed by atoms with van der Waals surface area (Å²) in [6, 6.07) is 4.05. The largest absolute Gasteiger partial charge is 0.510 e. The van der Waals surface area contributed by atoms with Crippen LogP contribution in [0.15, 0.2) is 12.1 Å². The van der Waals surface area contributed by atoms with Crippen molar-refractivity contribution in [1.29, 1.82) is 0 Å². The Hall–Kier alpha value is -0.735. The van der Waals surface area contributed by atoms with Crippen molar-refractivity contribution in [1.82, 2.24) is 4.57 Å². The Bertz CT molecular complexity index is 256. The first-order chi connectivity index (χ1) is 5.70. The van der Waals surface area contributed by atoms with Crippen molar-refractivity contribution in [2.75, 3.05) is 14.2 Å². The normalized spacial score (nSPS) is 10.3. The van der Waals surface area contributed by atoms with Crippen molar-refractivity contribution in [3.8, 4) is 0 Å². The van der Waals surface area contributed by atoms with E-state index >= 15 is 0 Å². The van der Waals surface area contributed by atoms with Crippen molar-refractivity contribution in [2.45, 2.75) is 6.92 Å². The van der Waals surface area contributed by atoms with Crippen molar-refractivity contribution in [3.05, 3.63) is 17.8 Å². The molecule has 66 valence electrons. The first-order valence-corrected chi connectivity index (χ1v) is 3.88. The molecule has 0 N–H and O–H groups in total. The summed E-state index contributed by atoms with van der Waals surface area (Å²) < 4.78 is 12.3. The Kier molecular flexibility index (Phi) is 2.95. The van der Waals surface area contributed by atoms with Gasteiger partial charge in [-0.15, -0.1) is 0 Å². The molecule has 0 atom stereocenters. The maximum absolute atomic E-state index is 5.14. The minimum absolute atomic E-state index is 0.260. The molecule has 3 nitrogen and oxygen atoms in total. The standard InChI is InChI=1S/C8H14BNO2/c1-7-5-6-8(10(7)2)9(11-3)12-4/h5-6H,1-4H3. The molecule has 0 unspecified atom stereocenters. The van der Waals surface area contributed by atoms with Gasteiger partial charge in [-0.1, -0.05) is 0 Å². The molecule has 0 aliphatic heterocycles. The molecule has 4 heteroatoms. The van der Waals surface area contributed by atoms with Gasteiger partial charge in [0.2, 0.25) is 0 Å². The quantitative estimate of drug-likeness (QED) is 0.605. The molecule has 1 aromatic heterocycles. The van der Waals surface area contributed by atoms with Crippen molar-refractivity contribution in [2.24, 2.45) is 7.05 Å². The Morgan fingerprint density at radius 2 is 1.83 bits per heavy atom. The number of rotatable bonds is 3. The van der Waals surface area contributed by atoms with Gasteiger partial charge < -0.3 is 13.9 Å². The summed E-state index contributed by atoms with van der Waals surface area (Å²) in [5, 5.41) is 0. The van der Waals surface area contributed by atoms with Crippen LogP contribution >= 0.6 is 0 Å². The van der Waals surface area contributed by atoms with Gasteiger partial charge in [0.15, 0.2) is 0 Å². The molecule has 0 aromatic carbocycles. The van der Waals surface area contributed by atoms with Crippen LogP contribution < -0.4 is 5.59 Å². The summed E-state index contributed by atoms with van der Waals surface area (Å²) in [6.07, 6.45) is 0. The topological polar surface area (TPSA) is 23.4 Å². The molecule has 0 amide bonds. The van der Waals surface area contributed by atoms with Gasteiger partial charge in [-0.2, -0.15) is 0 Å². The van der Waals surface area contributed by atoms with Gasteiger partial charge in [0.1, 0.15) is 0 Å². The highest BCUT2D eigenvalue weighted by Crippen LogP contribution is 1.97. The lowest BCUT2D eigenvalue weighted by Gasteiger charge is -2.10. The lowest BCUT2D eigenvalue weighted by atomic mass is 9.85. The smallest absolute Gasteiger partial charge is 0.409 e. The second-order valence-electron chi connectivity index (χ2n) is 2.76. The van der Waals surface area contributed by atoms with E-state index in [2.05, 4.69) is 4.57 Å². The van der Waals surface area contributed by atoms with Crippen LogP contribution in [0.1, 0.15) is 5.69 Å². The SMILES string of the molecule is COB(OC)c1ccc(C)n1C. The average Bonchev–Trinajstić information content (AvgIpc) is 2.38. The highest BCUT2D eigenvalue weighted by Gasteiger charge is 2.21. The Morgan fingerprint density at radius 3 is 2.17 bits per heavy atom. The van der Waals surface area contributed by atoms with Gasteiger partial charge >= 0.3 is 7.12 Å². The fourth-order valence-corrected chi connectivity index (χ4v) is 1.21. The number of hydrogen-bond acceptors (Lipinski definition) is 2. The fourth-order valence-electron chi connectivity index (χ4n) is 1.21. The molecular weight excluding hydrogens is 153 g/mol. The van der Waals surface area contributed by atoms with E-state index in [1.807, 2.05) is 26.1 Å². The fraction of sp³-hybridized carbons (Fsp3) is 0.500. The molecule has 0 saturated heterocycles. The summed E-state index contributed by atoms with van der Waals surface area (Å²) >= 11 is 0. The Balaban J connectivity index is 2.93. The zero-order chi connectivity index (χ0) is 9.14. The van der Waals surface area contributed by atoms with E-state index < -0.39 is 0 Å². The second kappa shape index (κ2) is 3.78. The second-order valence-corrected chi connectivity index (χ2v) is 2.76. The minimum Gasteiger partial charge on any atom is -0.409 e. The van der Waals surface area contributed by atoms with E-state index in [0.717, 1.165) is 5.59 Å².